The lowest BCUT2D eigenvalue weighted by Crippen LogP contribution is -2.37. The maximum Gasteiger partial charge on any atom is 0.357 e. The zero-order valence-electron chi connectivity index (χ0n) is 13.0. The molecule has 0 saturated heterocycles. The SMILES string of the molecule is Cc1coc(Nc2ccccn2)c1NS(=O)(=O)C(=O)NC(C)C. The minimum Gasteiger partial charge on any atom is -0.446 e. The Morgan fingerprint density at radius 3 is 2.65 bits per heavy atom. The standard InChI is InChI=1S/C14H18N4O4S/c1-9(2)16-14(19)23(20,21)18-12-10(3)8-22-13(12)17-11-6-4-5-7-15-11/h4-9,18H,1-3H3,(H,15,17)(H,16,19). The van der Waals surface area contributed by atoms with Gasteiger partial charge in [-0.2, -0.15) is 8.42 Å². The van der Waals surface area contributed by atoms with E-state index < -0.39 is 15.3 Å². The number of hydrogen-bond donors (Lipinski definition) is 3. The van der Waals surface area contributed by atoms with Crippen molar-refractivity contribution in [1.29, 1.82) is 0 Å². The molecule has 0 aliphatic rings. The van der Waals surface area contributed by atoms with E-state index >= 15 is 0 Å². The number of aryl methyl sites for hydroxylation is 1. The van der Waals surface area contributed by atoms with Gasteiger partial charge in [0.05, 0.1) is 6.26 Å². The number of amides is 1. The number of pyridine rings is 1. The number of carbonyl (C=O) groups is 1. The van der Waals surface area contributed by atoms with E-state index in [1.807, 2.05) is 0 Å². The van der Waals surface area contributed by atoms with Crippen LogP contribution in [0.5, 0.6) is 0 Å². The number of nitrogens with one attached hydrogen (secondary N) is 3. The van der Waals surface area contributed by atoms with Gasteiger partial charge < -0.3 is 15.1 Å². The summed E-state index contributed by atoms with van der Waals surface area (Å²) >= 11 is 0. The first-order valence-corrected chi connectivity index (χ1v) is 8.37. The number of rotatable bonds is 5. The number of furan rings is 1. The average molecular weight is 338 g/mol. The van der Waals surface area contributed by atoms with E-state index in [-0.39, 0.29) is 17.6 Å². The second-order valence-electron chi connectivity index (χ2n) is 5.15. The summed E-state index contributed by atoms with van der Waals surface area (Å²) in [6.07, 6.45) is 2.96. The summed E-state index contributed by atoms with van der Waals surface area (Å²) < 4.78 is 31.7. The molecular weight excluding hydrogens is 320 g/mol. The molecule has 2 heterocycles. The monoisotopic (exact) mass is 338 g/mol. The maximum atomic E-state index is 12.1. The van der Waals surface area contributed by atoms with Gasteiger partial charge in [0.15, 0.2) is 0 Å². The smallest absolute Gasteiger partial charge is 0.357 e. The Morgan fingerprint density at radius 1 is 1.30 bits per heavy atom. The lowest BCUT2D eigenvalue weighted by molar-refractivity contribution is 0.256. The van der Waals surface area contributed by atoms with Crippen LogP contribution in [0.2, 0.25) is 0 Å². The van der Waals surface area contributed by atoms with Gasteiger partial charge >= 0.3 is 15.3 Å². The van der Waals surface area contributed by atoms with Crippen LogP contribution in [0.1, 0.15) is 19.4 Å². The van der Waals surface area contributed by atoms with Crippen LogP contribution in [0.25, 0.3) is 0 Å². The molecule has 2 aromatic rings. The first kappa shape index (κ1) is 16.8. The molecule has 3 N–H and O–H groups in total. The molecule has 0 atom stereocenters. The Balaban J connectivity index is 2.23. The van der Waals surface area contributed by atoms with Crippen LogP contribution in [0, 0.1) is 6.92 Å². The molecule has 1 amide bonds. The second kappa shape index (κ2) is 6.69. The average Bonchev–Trinajstić information content (AvgIpc) is 2.80. The molecule has 0 aliphatic carbocycles. The normalized spacial score (nSPS) is 11.3. The Bertz CT molecular complexity index is 784. The zero-order chi connectivity index (χ0) is 17.0. The molecule has 2 aromatic heterocycles. The van der Waals surface area contributed by atoms with E-state index in [0.717, 1.165) is 0 Å². The number of aromatic nitrogens is 1. The molecule has 8 nitrogen and oxygen atoms in total. The van der Waals surface area contributed by atoms with Gasteiger partial charge in [-0.15, -0.1) is 0 Å². The number of nitrogens with zero attached hydrogens (tertiary/aromatic N) is 1. The zero-order valence-corrected chi connectivity index (χ0v) is 13.8. The van der Waals surface area contributed by atoms with E-state index in [0.29, 0.717) is 11.4 Å². The summed E-state index contributed by atoms with van der Waals surface area (Å²) in [5, 5.41) is 4.09. The van der Waals surface area contributed by atoms with Crippen molar-refractivity contribution in [3.05, 3.63) is 36.2 Å². The number of carbonyl (C=O) groups excluding carboxylic acids is 1. The number of sulfonamides is 1. The number of hydrogen-bond acceptors (Lipinski definition) is 6. The summed E-state index contributed by atoms with van der Waals surface area (Å²) in [5.74, 6) is 0.635. The van der Waals surface area contributed by atoms with Gasteiger partial charge in [0.2, 0.25) is 5.88 Å². The minimum absolute atomic E-state index is 0.155. The highest BCUT2D eigenvalue weighted by molar-refractivity contribution is 8.07. The molecule has 0 fully saturated rings. The third-order valence-electron chi connectivity index (χ3n) is 2.77. The van der Waals surface area contributed by atoms with Crippen LogP contribution in [0.15, 0.2) is 35.1 Å². The Hall–Kier alpha value is -2.55. The molecule has 0 spiro atoms. The van der Waals surface area contributed by atoms with Crippen LogP contribution in [-0.4, -0.2) is 24.7 Å². The van der Waals surface area contributed by atoms with E-state index in [9.17, 15) is 13.2 Å². The van der Waals surface area contributed by atoms with E-state index in [4.69, 9.17) is 4.42 Å². The highest BCUT2D eigenvalue weighted by Gasteiger charge is 2.26. The summed E-state index contributed by atoms with van der Waals surface area (Å²) in [6, 6.07) is 4.92. The third kappa shape index (κ3) is 4.22. The van der Waals surface area contributed by atoms with Gasteiger partial charge in [0.1, 0.15) is 11.5 Å². The molecule has 0 radical (unpaired) electrons. The lowest BCUT2D eigenvalue weighted by atomic mass is 10.3. The van der Waals surface area contributed by atoms with Crippen molar-refractivity contribution in [2.75, 3.05) is 10.0 Å². The molecule has 2 rings (SSSR count). The lowest BCUT2D eigenvalue weighted by Gasteiger charge is -2.11. The van der Waals surface area contributed by atoms with Crippen molar-refractivity contribution in [2.45, 2.75) is 26.8 Å². The first-order valence-electron chi connectivity index (χ1n) is 6.89. The summed E-state index contributed by atoms with van der Waals surface area (Å²) in [6.45, 7) is 5.00. The van der Waals surface area contributed by atoms with Crippen molar-refractivity contribution < 1.29 is 17.6 Å². The summed E-state index contributed by atoms with van der Waals surface area (Å²) in [4.78, 5) is 15.8. The van der Waals surface area contributed by atoms with Crippen LogP contribution in [-0.2, 0) is 10.0 Å². The fraction of sp³-hybridized carbons (Fsp3) is 0.286. The van der Waals surface area contributed by atoms with Crippen molar-refractivity contribution in [2.24, 2.45) is 0 Å². The Kier molecular flexibility index (Phi) is 4.89. The highest BCUT2D eigenvalue weighted by Crippen LogP contribution is 2.31. The van der Waals surface area contributed by atoms with Crippen LogP contribution in [0.3, 0.4) is 0 Å². The van der Waals surface area contributed by atoms with Gasteiger partial charge in [-0.25, -0.2) is 4.98 Å². The van der Waals surface area contributed by atoms with E-state index in [1.54, 1.807) is 45.2 Å². The van der Waals surface area contributed by atoms with Gasteiger partial charge in [-0.3, -0.25) is 9.52 Å². The Morgan fingerprint density at radius 2 is 2.04 bits per heavy atom. The van der Waals surface area contributed by atoms with Gasteiger partial charge in [-0.1, -0.05) is 6.07 Å². The second-order valence-corrected chi connectivity index (χ2v) is 6.74. The highest BCUT2D eigenvalue weighted by atomic mass is 32.2. The topological polar surface area (TPSA) is 113 Å². The first-order chi connectivity index (χ1) is 10.8. The fourth-order valence-electron chi connectivity index (χ4n) is 1.71. The molecule has 9 heteroatoms. The molecular formula is C14H18N4O4S. The maximum absolute atomic E-state index is 12.1. The number of anilines is 3. The van der Waals surface area contributed by atoms with Crippen molar-refractivity contribution in [3.8, 4) is 0 Å². The van der Waals surface area contributed by atoms with Crippen molar-refractivity contribution >= 4 is 32.7 Å². The van der Waals surface area contributed by atoms with Crippen LogP contribution < -0.4 is 15.4 Å². The van der Waals surface area contributed by atoms with E-state index in [1.165, 1.54) is 6.26 Å². The van der Waals surface area contributed by atoms with Crippen LogP contribution >= 0.6 is 0 Å². The van der Waals surface area contributed by atoms with Crippen LogP contribution in [0.4, 0.5) is 22.2 Å². The molecule has 0 saturated carbocycles. The molecule has 0 bridgehead atoms. The Labute approximate surface area is 134 Å². The minimum atomic E-state index is -4.24. The van der Waals surface area contributed by atoms with Crippen molar-refractivity contribution in [1.82, 2.24) is 10.3 Å². The molecule has 23 heavy (non-hydrogen) atoms. The largest absolute Gasteiger partial charge is 0.446 e. The third-order valence-corrected chi connectivity index (χ3v) is 3.85. The quantitative estimate of drug-likeness (QED) is 0.772. The fourth-order valence-corrected chi connectivity index (χ4v) is 2.72. The van der Waals surface area contributed by atoms with Crippen molar-refractivity contribution in [3.63, 3.8) is 0 Å². The van der Waals surface area contributed by atoms with Gasteiger partial charge in [0, 0.05) is 17.8 Å². The molecule has 124 valence electrons. The summed E-state index contributed by atoms with van der Waals surface area (Å²) in [7, 11) is -4.24. The van der Waals surface area contributed by atoms with Gasteiger partial charge in [-0.05, 0) is 32.9 Å². The molecule has 0 aromatic carbocycles. The predicted molar refractivity (Wildman–Crippen MR) is 87.2 cm³/mol. The molecule has 0 unspecified atom stereocenters. The molecule has 0 aliphatic heterocycles. The van der Waals surface area contributed by atoms with E-state index in [2.05, 4.69) is 20.3 Å². The predicted octanol–water partition coefficient (Wildman–Crippen LogP) is 2.59. The summed E-state index contributed by atoms with van der Waals surface area (Å²) in [5.41, 5.74) is 0.693. The van der Waals surface area contributed by atoms with Gasteiger partial charge in [0.25, 0.3) is 0 Å².